The number of aryl methyl sites for hydroxylation is 2. The van der Waals surface area contributed by atoms with Crippen LogP contribution < -0.4 is 10.1 Å². The number of benzene rings is 2. The second-order valence-corrected chi connectivity index (χ2v) is 7.37. The Balaban J connectivity index is 1.65. The van der Waals surface area contributed by atoms with Gasteiger partial charge in [0.05, 0.1) is 6.04 Å². The summed E-state index contributed by atoms with van der Waals surface area (Å²) in [6, 6.07) is 13.7. The molecule has 138 valence electrons. The predicted molar refractivity (Wildman–Crippen MR) is 106 cm³/mol. The molecule has 0 saturated carbocycles. The number of hydrogen-bond acceptors (Lipinski definition) is 2. The molecule has 0 aliphatic heterocycles. The van der Waals surface area contributed by atoms with E-state index in [2.05, 4.69) is 23.5 Å². The van der Waals surface area contributed by atoms with Crippen LogP contribution in [-0.4, -0.2) is 12.0 Å². The molecular formula is C22H26ClNO2. The molecule has 3 nitrogen and oxygen atoms in total. The minimum atomic E-state index is -0.534. The third kappa shape index (κ3) is 4.59. The molecule has 0 bridgehead atoms. The zero-order valence-corrected chi connectivity index (χ0v) is 16.2. The van der Waals surface area contributed by atoms with Crippen molar-refractivity contribution in [1.82, 2.24) is 5.32 Å². The molecule has 0 heterocycles. The fourth-order valence-corrected chi connectivity index (χ4v) is 3.62. The lowest BCUT2D eigenvalue weighted by Gasteiger charge is -2.22. The van der Waals surface area contributed by atoms with E-state index in [1.54, 1.807) is 12.1 Å². The molecule has 0 fully saturated rings. The van der Waals surface area contributed by atoms with Gasteiger partial charge in [-0.15, -0.1) is 0 Å². The number of fused-ring (bicyclic) bond motifs is 1. The van der Waals surface area contributed by atoms with E-state index in [1.165, 1.54) is 30.4 Å². The zero-order valence-electron chi connectivity index (χ0n) is 15.4. The topological polar surface area (TPSA) is 38.3 Å². The molecule has 1 amide bonds. The van der Waals surface area contributed by atoms with E-state index in [4.69, 9.17) is 16.3 Å². The van der Waals surface area contributed by atoms with E-state index >= 15 is 0 Å². The Hall–Kier alpha value is -2.00. The minimum absolute atomic E-state index is 0.0493. The first-order valence-corrected chi connectivity index (χ1v) is 9.79. The third-order valence-corrected chi connectivity index (χ3v) is 5.20. The maximum absolute atomic E-state index is 12.7. The van der Waals surface area contributed by atoms with Crippen LogP contribution in [0.2, 0.25) is 5.02 Å². The summed E-state index contributed by atoms with van der Waals surface area (Å²) in [7, 11) is 0. The van der Waals surface area contributed by atoms with Gasteiger partial charge in [0.2, 0.25) is 0 Å². The molecule has 0 aromatic heterocycles. The van der Waals surface area contributed by atoms with Gasteiger partial charge in [0, 0.05) is 5.02 Å². The Morgan fingerprint density at radius 1 is 1.15 bits per heavy atom. The third-order valence-electron chi connectivity index (χ3n) is 4.97. The number of amides is 1. The maximum Gasteiger partial charge on any atom is 0.261 e. The molecule has 0 radical (unpaired) electrons. The molecule has 2 aromatic rings. The smallest absolute Gasteiger partial charge is 0.261 e. The molecule has 26 heavy (non-hydrogen) atoms. The lowest BCUT2D eigenvalue weighted by Crippen LogP contribution is -2.39. The Bertz CT molecular complexity index is 774. The van der Waals surface area contributed by atoms with Crippen molar-refractivity contribution in [2.75, 3.05) is 0 Å². The van der Waals surface area contributed by atoms with E-state index in [-0.39, 0.29) is 11.9 Å². The highest BCUT2D eigenvalue weighted by molar-refractivity contribution is 6.30. The van der Waals surface area contributed by atoms with Gasteiger partial charge in [-0.05, 0) is 73.9 Å². The number of hydrogen-bond donors (Lipinski definition) is 1. The average Bonchev–Trinajstić information content (AvgIpc) is 2.65. The summed E-state index contributed by atoms with van der Waals surface area (Å²) >= 11 is 5.99. The Labute approximate surface area is 160 Å². The number of carbonyl (C=O) groups excluding carboxylic acids is 1. The van der Waals surface area contributed by atoms with Crippen LogP contribution >= 0.6 is 11.6 Å². The van der Waals surface area contributed by atoms with Crippen molar-refractivity contribution < 1.29 is 9.53 Å². The highest BCUT2D eigenvalue weighted by Gasteiger charge is 2.21. The lowest BCUT2D eigenvalue weighted by atomic mass is 9.89. The number of carbonyl (C=O) groups is 1. The van der Waals surface area contributed by atoms with Gasteiger partial charge in [0.1, 0.15) is 5.75 Å². The van der Waals surface area contributed by atoms with E-state index < -0.39 is 6.10 Å². The number of nitrogens with one attached hydrogen (secondary N) is 1. The quantitative estimate of drug-likeness (QED) is 0.752. The van der Waals surface area contributed by atoms with Crippen molar-refractivity contribution in [3.63, 3.8) is 0 Å². The van der Waals surface area contributed by atoms with Crippen molar-refractivity contribution in [2.24, 2.45) is 0 Å². The van der Waals surface area contributed by atoms with Crippen molar-refractivity contribution in [1.29, 1.82) is 0 Å². The van der Waals surface area contributed by atoms with Crippen LogP contribution in [-0.2, 0) is 17.6 Å². The van der Waals surface area contributed by atoms with E-state index in [9.17, 15) is 4.79 Å². The van der Waals surface area contributed by atoms with Gasteiger partial charge in [0.25, 0.3) is 5.91 Å². The molecule has 0 spiro atoms. The number of ether oxygens (including phenoxy) is 1. The molecule has 3 rings (SSSR count). The molecule has 2 atom stereocenters. The van der Waals surface area contributed by atoms with Crippen LogP contribution in [0, 0.1) is 0 Å². The van der Waals surface area contributed by atoms with Crippen molar-refractivity contribution in [2.45, 2.75) is 58.1 Å². The molecular weight excluding hydrogens is 346 g/mol. The standard InChI is InChI=1S/C22H26ClNO2/c1-3-21(26-20-10-6-9-19(23)14-20)22(25)24-15(2)17-12-11-16-7-4-5-8-18(16)13-17/h6,9-15,21H,3-5,7-8H2,1-2H3,(H,24,25)/t15-,21-/m0/s1. The molecule has 1 N–H and O–H groups in total. The molecule has 1 aliphatic rings. The summed E-state index contributed by atoms with van der Waals surface area (Å²) in [5.41, 5.74) is 4.03. The maximum atomic E-state index is 12.7. The first kappa shape index (κ1) is 18.8. The first-order valence-electron chi connectivity index (χ1n) is 9.41. The zero-order chi connectivity index (χ0) is 18.5. The second kappa shape index (κ2) is 8.59. The van der Waals surface area contributed by atoms with Gasteiger partial charge in [-0.2, -0.15) is 0 Å². The summed E-state index contributed by atoms with van der Waals surface area (Å²) in [6.07, 6.45) is 4.89. The Morgan fingerprint density at radius 2 is 1.92 bits per heavy atom. The van der Waals surface area contributed by atoms with Crippen LogP contribution in [0.4, 0.5) is 0 Å². The monoisotopic (exact) mass is 371 g/mol. The highest BCUT2D eigenvalue weighted by atomic mass is 35.5. The normalized spacial score (nSPS) is 15.7. The molecule has 4 heteroatoms. The lowest BCUT2D eigenvalue weighted by molar-refractivity contribution is -0.128. The van der Waals surface area contributed by atoms with Gasteiger partial charge >= 0.3 is 0 Å². The van der Waals surface area contributed by atoms with Gasteiger partial charge < -0.3 is 10.1 Å². The van der Waals surface area contributed by atoms with E-state index in [0.29, 0.717) is 17.2 Å². The molecule has 0 saturated heterocycles. The average molecular weight is 372 g/mol. The fraction of sp³-hybridized carbons (Fsp3) is 0.409. The number of rotatable bonds is 6. The molecule has 2 aromatic carbocycles. The predicted octanol–water partition coefficient (Wildman–Crippen LogP) is 5.25. The van der Waals surface area contributed by atoms with E-state index in [0.717, 1.165) is 12.0 Å². The van der Waals surface area contributed by atoms with Crippen LogP contribution in [0.25, 0.3) is 0 Å². The van der Waals surface area contributed by atoms with Crippen LogP contribution in [0.15, 0.2) is 42.5 Å². The SMILES string of the molecule is CC[C@H](Oc1cccc(Cl)c1)C(=O)N[C@@H](C)c1ccc2c(c1)CCCC2. The summed E-state index contributed by atoms with van der Waals surface area (Å²) in [5, 5.41) is 3.69. The summed E-state index contributed by atoms with van der Waals surface area (Å²) in [4.78, 5) is 12.7. The Kier molecular flexibility index (Phi) is 6.20. The van der Waals surface area contributed by atoms with Crippen LogP contribution in [0.3, 0.4) is 0 Å². The highest BCUT2D eigenvalue weighted by Crippen LogP contribution is 2.25. The Morgan fingerprint density at radius 3 is 2.65 bits per heavy atom. The fourth-order valence-electron chi connectivity index (χ4n) is 3.44. The van der Waals surface area contributed by atoms with Gasteiger partial charge in [-0.25, -0.2) is 0 Å². The first-order chi connectivity index (χ1) is 12.6. The molecule has 0 unspecified atom stereocenters. The molecule has 1 aliphatic carbocycles. The van der Waals surface area contributed by atoms with Gasteiger partial charge in [-0.1, -0.05) is 42.8 Å². The van der Waals surface area contributed by atoms with Gasteiger partial charge in [0.15, 0.2) is 6.10 Å². The van der Waals surface area contributed by atoms with Crippen molar-refractivity contribution >= 4 is 17.5 Å². The minimum Gasteiger partial charge on any atom is -0.481 e. The summed E-state index contributed by atoms with van der Waals surface area (Å²) in [5.74, 6) is 0.513. The largest absolute Gasteiger partial charge is 0.481 e. The van der Waals surface area contributed by atoms with Crippen molar-refractivity contribution in [3.8, 4) is 5.75 Å². The van der Waals surface area contributed by atoms with Gasteiger partial charge in [-0.3, -0.25) is 4.79 Å². The second-order valence-electron chi connectivity index (χ2n) is 6.94. The summed E-state index contributed by atoms with van der Waals surface area (Å²) < 4.78 is 5.84. The number of halogens is 1. The van der Waals surface area contributed by atoms with Crippen molar-refractivity contribution in [3.05, 3.63) is 64.2 Å². The van der Waals surface area contributed by atoms with E-state index in [1.807, 2.05) is 26.0 Å². The van der Waals surface area contributed by atoms with Crippen LogP contribution in [0.5, 0.6) is 5.75 Å². The summed E-state index contributed by atoms with van der Waals surface area (Å²) in [6.45, 7) is 3.97. The van der Waals surface area contributed by atoms with Crippen LogP contribution in [0.1, 0.15) is 55.8 Å².